The van der Waals surface area contributed by atoms with Crippen molar-refractivity contribution >= 4 is 39.0 Å². The summed E-state index contributed by atoms with van der Waals surface area (Å²) < 4.78 is 5.33. The minimum absolute atomic E-state index is 0.154. The van der Waals surface area contributed by atoms with Crippen molar-refractivity contribution in [2.75, 3.05) is 44.7 Å². The van der Waals surface area contributed by atoms with E-state index in [1.807, 2.05) is 30.3 Å². The molecule has 1 aliphatic rings. The summed E-state index contributed by atoms with van der Waals surface area (Å²) in [5, 5.41) is 10.7. The molecule has 2 N–H and O–H groups in total. The summed E-state index contributed by atoms with van der Waals surface area (Å²) in [5.74, 6) is 0.583. The van der Waals surface area contributed by atoms with Gasteiger partial charge in [0.25, 0.3) is 5.91 Å². The quantitative estimate of drug-likeness (QED) is 0.681. The van der Waals surface area contributed by atoms with E-state index in [2.05, 4.69) is 25.5 Å². The van der Waals surface area contributed by atoms with Crippen molar-refractivity contribution in [2.45, 2.75) is 0 Å². The van der Waals surface area contributed by atoms with Crippen LogP contribution in [0.15, 0.2) is 41.9 Å². The van der Waals surface area contributed by atoms with Gasteiger partial charge in [0.2, 0.25) is 0 Å². The smallest absolute Gasteiger partial charge is 0.270 e. The fourth-order valence-corrected chi connectivity index (χ4v) is 3.69. The molecule has 0 aliphatic carbocycles. The number of ether oxygens (including phenoxy) is 1. The average molecular weight is 383 g/mol. The van der Waals surface area contributed by atoms with Crippen LogP contribution in [-0.2, 0) is 4.74 Å². The van der Waals surface area contributed by atoms with E-state index in [4.69, 9.17) is 4.74 Å². The van der Waals surface area contributed by atoms with Gasteiger partial charge in [0.1, 0.15) is 11.5 Å². The molecule has 3 heterocycles. The SMILES string of the molecule is O=C(NCCN1CCOCC1)c1csc(Nc2nccc3ccccc23)n1. The van der Waals surface area contributed by atoms with Crippen molar-refractivity contribution in [3.05, 3.63) is 47.6 Å². The number of carbonyl (C=O) groups is 1. The van der Waals surface area contributed by atoms with Gasteiger partial charge in [-0.05, 0) is 11.5 Å². The molecule has 1 amide bonds. The molecule has 0 bridgehead atoms. The van der Waals surface area contributed by atoms with Gasteiger partial charge in [-0.3, -0.25) is 9.69 Å². The summed E-state index contributed by atoms with van der Waals surface area (Å²) in [6.07, 6.45) is 1.76. The van der Waals surface area contributed by atoms with Crippen LogP contribution in [0.4, 0.5) is 10.9 Å². The highest BCUT2D eigenvalue weighted by Crippen LogP contribution is 2.25. The number of anilines is 2. The Labute approximate surface area is 161 Å². The Hall–Kier alpha value is -2.55. The minimum Gasteiger partial charge on any atom is -0.379 e. The van der Waals surface area contributed by atoms with Crippen LogP contribution in [0, 0.1) is 0 Å². The number of nitrogens with one attached hydrogen (secondary N) is 2. The zero-order chi connectivity index (χ0) is 18.5. The lowest BCUT2D eigenvalue weighted by Gasteiger charge is -2.26. The van der Waals surface area contributed by atoms with Crippen LogP contribution in [0.5, 0.6) is 0 Å². The van der Waals surface area contributed by atoms with Crippen LogP contribution in [0.1, 0.15) is 10.5 Å². The molecule has 0 unspecified atom stereocenters. The molecule has 8 heteroatoms. The zero-order valence-corrected chi connectivity index (χ0v) is 15.7. The number of benzene rings is 1. The molecule has 1 saturated heterocycles. The van der Waals surface area contributed by atoms with Crippen molar-refractivity contribution in [1.82, 2.24) is 20.2 Å². The first kappa shape index (κ1) is 17.8. The Kier molecular flexibility index (Phi) is 5.57. The monoisotopic (exact) mass is 383 g/mol. The third kappa shape index (κ3) is 4.41. The van der Waals surface area contributed by atoms with Crippen LogP contribution in [0.3, 0.4) is 0 Å². The fourth-order valence-electron chi connectivity index (χ4n) is 3.00. The van der Waals surface area contributed by atoms with Gasteiger partial charge in [-0.25, -0.2) is 9.97 Å². The number of fused-ring (bicyclic) bond motifs is 1. The molecule has 27 heavy (non-hydrogen) atoms. The van der Waals surface area contributed by atoms with Gasteiger partial charge < -0.3 is 15.4 Å². The number of thiazole rings is 1. The van der Waals surface area contributed by atoms with E-state index in [0.29, 0.717) is 17.4 Å². The first-order valence-electron chi connectivity index (χ1n) is 8.94. The van der Waals surface area contributed by atoms with Gasteiger partial charge in [-0.1, -0.05) is 24.3 Å². The molecule has 1 fully saturated rings. The third-order valence-electron chi connectivity index (χ3n) is 4.45. The highest BCUT2D eigenvalue weighted by atomic mass is 32.1. The summed E-state index contributed by atoms with van der Waals surface area (Å²) >= 11 is 1.39. The van der Waals surface area contributed by atoms with Gasteiger partial charge in [-0.2, -0.15) is 0 Å². The number of rotatable bonds is 6. The molecule has 0 spiro atoms. The van der Waals surface area contributed by atoms with Crippen molar-refractivity contribution in [3.8, 4) is 0 Å². The normalized spacial score (nSPS) is 15.0. The largest absolute Gasteiger partial charge is 0.379 e. The standard InChI is InChI=1S/C19H21N5O2S/c25-18(21-7-8-24-9-11-26-12-10-24)16-13-27-19(22-16)23-17-15-4-2-1-3-14(15)5-6-20-17/h1-6,13H,7-12H2,(H,21,25)(H,20,22,23). The number of carbonyl (C=O) groups excluding carboxylic acids is 1. The molecule has 7 nitrogen and oxygen atoms in total. The maximum atomic E-state index is 12.3. The van der Waals surface area contributed by atoms with Crippen molar-refractivity contribution in [1.29, 1.82) is 0 Å². The van der Waals surface area contributed by atoms with Gasteiger partial charge in [0, 0.05) is 43.1 Å². The molecule has 4 rings (SSSR count). The highest BCUT2D eigenvalue weighted by molar-refractivity contribution is 7.14. The van der Waals surface area contributed by atoms with Crippen molar-refractivity contribution < 1.29 is 9.53 Å². The first-order valence-corrected chi connectivity index (χ1v) is 9.82. The van der Waals surface area contributed by atoms with Gasteiger partial charge in [-0.15, -0.1) is 11.3 Å². The number of pyridine rings is 1. The summed E-state index contributed by atoms with van der Waals surface area (Å²) in [7, 11) is 0. The van der Waals surface area contributed by atoms with E-state index in [0.717, 1.165) is 49.4 Å². The second-order valence-corrected chi connectivity index (χ2v) is 7.11. The van der Waals surface area contributed by atoms with E-state index in [9.17, 15) is 4.79 Å². The van der Waals surface area contributed by atoms with Crippen molar-refractivity contribution in [3.63, 3.8) is 0 Å². The Bertz CT molecular complexity index is 918. The molecule has 3 aromatic rings. The zero-order valence-electron chi connectivity index (χ0n) is 14.9. The maximum absolute atomic E-state index is 12.3. The van der Waals surface area contributed by atoms with E-state index in [-0.39, 0.29) is 5.91 Å². The van der Waals surface area contributed by atoms with E-state index < -0.39 is 0 Å². The van der Waals surface area contributed by atoms with Crippen LogP contribution in [0.2, 0.25) is 0 Å². The van der Waals surface area contributed by atoms with Gasteiger partial charge in [0.15, 0.2) is 5.13 Å². The first-order chi connectivity index (χ1) is 13.3. The number of aromatic nitrogens is 2. The van der Waals surface area contributed by atoms with E-state index >= 15 is 0 Å². The third-order valence-corrected chi connectivity index (χ3v) is 5.21. The molecule has 1 aromatic carbocycles. The number of hydrogen-bond donors (Lipinski definition) is 2. The van der Waals surface area contributed by atoms with Crippen LogP contribution in [-0.4, -0.2) is 60.2 Å². The van der Waals surface area contributed by atoms with Gasteiger partial charge in [0.05, 0.1) is 13.2 Å². The summed E-state index contributed by atoms with van der Waals surface area (Å²) in [4.78, 5) is 23.4. The molecule has 0 radical (unpaired) electrons. The predicted molar refractivity (Wildman–Crippen MR) is 107 cm³/mol. The lowest BCUT2D eigenvalue weighted by atomic mass is 10.2. The van der Waals surface area contributed by atoms with E-state index in [1.165, 1.54) is 11.3 Å². The molecule has 0 atom stereocenters. The summed E-state index contributed by atoms with van der Waals surface area (Å²) in [5.41, 5.74) is 0.421. The van der Waals surface area contributed by atoms with Crippen molar-refractivity contribution in [2.24, 2.45) is 0 Å². The number of nitrogens with zero attached hydrogens (tertiary/aromatic N) is 3. The maximum Gasteiger partial charge on any atom is 0.270 e. The second-order valence-electron chi connectivity index (χ2n) is 6.25. The fraction of sp³-hybridized carbons (Fsp3) is 0.316. The molecule has 2 aromatic heterocycles. The minimum atomic E-state index is -0.154. The van der Waals surface area contributed by atoms with Crippen LogP contribution >= 0.6 is 11.3 Å². The van der Waals surface area contributed by atoms with Crippen LogP contribution < -0.4 is 10.6 Å². The lowest BCUT2D eigenvalue weighted by molar-refractivity contribution is 0.0383. The predicted octanol–water partition coefficient (Wildman–Crippen LogP) is 2.50. The van der Waals surface area contributed by atoms with Gasteiger partial charge >= 0.3 is 0 Å². The Morgan fingerprint density at radius 2 is 2.07 bits per heavy atom. The summed E-state index contributed by atoms with van der Waals surface area (Å²) in [6, 6.07) is 9.99. The molecular formula is C19H21N5O2S. The van der Waals surface area contributed by atoms with E-state index in [1.54, 1.807) is 11.6 Å². The molecule has 0 saturated carbocycles. The Balaban J connectivity index is 1.35. The highest BCUT2D eigenvalue weighted by Gasteiger charge is 2.13. The lowest BCUT2D eigenvalue weighted by Crippen LogP contribution is -2.41. The summed E-state index contributed by atoms with van der Waals surface area (Å²) in [6.45, 7) is 4.78. The molecule has 1 aliphatic heterocycles. The second kappa shape index (κ2) is 8.43. The number of amides is 1. The Morgan fingerprint density at radius 3 is 2.96 bits per heavy atom. The molecule has 140 valence electrons. The average Bonchev–Trinajstić information content (AvgIpc) is 3.18. The van der Waals surface area contributed by atoms with Crippen LogP contribution in [0.25, 0.3) is 10.8 Å². The number of morpholine rings is 1. The topological polar surface area (TPSA) is 79.4 Å². The molecular weight excluding hydrogens is 362 g/mol. The Morgan fingerprint density at radius 1 is 1.22 bits per heavy atom. The number of hydrogen-bond acceptors (Lipinski definition) is 7.